The molecule has 0 unspecified atom stereocenters. The SMILES string of the molecule is O=C(c1ccc(-c2ncnc3ccsc23)cc1)N1CCCNCC1. The lowest BCUT2D eigenvalue weighted by atomic mass is 10.1. The standard InChI is InChI=1S/C18H18N4OS/c23-18(22-9-1-7-19-8-10-22)14-4-2-13(3-5-14)16-17-15(6-11-24-17)20-12-21-16/h2-6,11-12,19H,1,7-10H2. The summed E-state index contributed by atoms with van der Waals surface area (Å²) in [5, 5.41) is 5.34. The van der Waals surface area contributed by atoms with Crippen LogP contribution in [0.3, 0.4) is 0 Å². The highest BCUT2D eigenvalue weighted by atomic mass is 32.1. The molecule has 122 valence electrons. The maximum atomic E-state index is 12.6. The van der Waals surface area contributed by atoms with Gasteiger partial charge in [0.1, 0.15) is 6.33 Å². The second kappa shape index (κ2) is 6.67. The summed E-state index contributed by atoms with van der Waals surface area (Å²) in [5.74, 6) is 0.106. The zero-order valence-corrected chi connectivity index (χ0v) is 14.1. The predicted molar refractivity (Wildman–Crippen MR) is 96.2 cm³/mol. The number of hydrogen-bond acceptors (Lipinski definition) is 5. The Kier molecular flexibility index (Phi) is 4.23. The maximum Gasteiger partial charge on any atom is 0.253 e. The molecule has 1 saturated heterocycles. The van der Waals surface area contributed by atoms with Gasteiger partial charge in [-0.1, -0.05) is 12.1 Å². The van der Waals surface area contributed by atoms with Gasteiger partial charge in [0.05, 0.1) is 15.9 Å². The third kappa shape index (κ3) is 2.90. The lowest BCUT2D eigenvalue weighted by molar-refractivity contribution is 0.0766. The van der Waals surface area contributed by atoms with E-state index < -0.39 is 0 Å². The second-order valence-corrected chi connectivity index (χ2v) is 6.75. The lowest BCUT2D eigenvalue weighted by Crippen LogP contribution is -2.34. The largest absolute Gasteiger partial charge is 0.337 e. The van der Waals surface area contributed by atoms with E-state index in [1.54, 1.807) is 17.7 Å². The van der Waals surface area contributed by atoms with Gasteiger partial charge in [0.15, 0.2) is 0 Å². The molecule has 2 aromatic heterocycles. The first kappa shape index (κ1) is 15.2. The summed E-state index contributed by atoms with van der Waals surface area (Å²) < 4.78 is 1.08. The smallest absolute Gasteiger partial charge is 0.253 e. The minimum absolute atomic E-state index is 0.106. The highest BCUT2D eigenvalue weighted by molar-refractivity contribution is 7.17. The average molecular weight is 338 g/mol. The quantitative estimate of drug-likeness (QED) is 0.781. The van der Waals surface area contributed by atoms with Gasteiger partial charge < -0.3 is 10.2 Å². The molecule has 1 fully saturated rings. The van der Waals surface area contributed by atoms with E-state index in [-0.39, 0.29) is 5.91 Å². The van der Waals surface area contributed by atoms with E-state index in [2.05, 4.69) is 15.3 Å². The van der Waals surface area contributed by atoms with E-state index in [1.165, 1.54) is 0 Å². The summed E-state index contributed by atoms with van der Waals surface area (Å²) in [4.78, 5) is 23.3. The Morgan fingerprint density at radius 1 is 1.08 bits per heavy atom. The van der Waals surface area contributed by atoms with Crippen molar-refractivity contribution in [3.05, 3.63) is 47.6 Å². The first-order valence-electron chi connectivity index (χ1n) is 8.11. The molecule has 3 heterocycles. The number of aromatic nitrogens is 2. The van der Waals surface area contributed by atoms with Crippen molar-refractivity contribution in [1.29, 1.82) is 0 Å². The summed E-state index contributed by atoms with van der Waals surface area (Å²) in [6.45, 7) is 3.42. The van der Waals surface area contributed by atoms with Crippen LogP contribution < -0.4 is 5.32 Å². The first-order chi connectivity index (χ1) is 11.8. The van der Waals surface area contributed by atoms with E-state index >= 15 is 0 Å². The number of fused-ring (bicyclic) bond motifs is 1. The van der Waals surface area contributed by atoms with Gasteiger partial charge in [-0.3, -0.25) is 4.79 Å². The minimum atomic E-state index is 0.106. The topological polar surface area (TPSA) is 58.1 Å². The number of amides is 1. The highest BCUT2D eigenvalue weighted by Gasteiger charge is 2.17. The van der Waals surface area contributed by atoms with Crippen molar-refractivity contribution in [1.82, 2.24) is 20.2 Å². The van der Waals surface area contributed by atoms with Crippen LogP contribution in [0, 0.1) is 0 Å². The number of rotatable bonds is 2. The number of nitrogens with one attached hydrogen (secondary N) is 1. The van der Waals surface area contributed by atoms with Crippen molar-refractivity contribution in [2.45, 2.75) is 6.42 Å². The molecule has 4 rings (SSSR count). The van der Waals surface area contributed by atoms with Crippen molar-refractivity contribution < 1.29 is 4.79 Å². The van der Waals surface area contributed by atoms with E-state index in [0.717, 1.165) is 59.6 Å². The Balaban J connectivity index is 1.60. The molecule has 0 aliphatic carbocycles. The molecule has 0 bridgehead atoms. The molecule has 1 aliphatic heterocycles. The number of thiophene rings is 1. The Bertz CT molecular complexity index is 851. The summed E-state index contributed by atoms with van der Waals surface area (Å²) in [6, 6.07) is 9.75. The molecule has 0 radical (unpaired) electrons. The van der Waals surface area contributed by atoms with Gasteiger partial charge in [-0.15, -0.1) is 11.3 Å². The van der Waals surface area contributed by atoms with Crippen LogP contribution in [-0.4, -0.2) is 47.0 Å². The first-order valence-corrected chi connectivity index (χ1v) is 8.99. The molecule has 6 heteroatoms. The predicted octanol–water partition coefficient (Wildman–Crippen LogP) is 2.79. The van der Waals surface area contributed by atoms with Crippen LogP contribution in [0.15, 0.2) is 42.0 Å². The van der Waals surface area contributed by atoms with Crippen molar-refractivity contribution in [2.75, 3.05) is 26.2 Å². The fourth-order valence-electron chi connectivity index (χ4n) is 3.00. The second-order valence-electron chi connectivity index (χ2n) is 5.83. The zero-order valence-electron chi connectivity index (χ0n) is 13.2. The van der Waals surface area contributed by atoms with Crippen molar-refractivity contribution in [3.8, 4) is 11.3 Å². The third-order valence-electron chi connectivity index (χ3n) is 4.28. The summed E-state index contributed by atoms with van der Waals surface area (Å²) in [6.07, 6.45) is 2.59. The van der Waals surface area contributed by atoms with Crippen LogP contribution in [-0.2, 0) is 0 Å². The molecule has 1 N–H and O–H groups in total. The Hall–Kier alpha value is -2.31. The van der Waals surface area contributed by atoms with E-state index in [1.807, 2.05) is 40.6 Å². The molecule has 0 saturated carbocycles. The lowest BCUT2D eigenvalue weighted by Gasteiger charge is -2.20. The molecule has 1 amide bonds. The van der Waals surface area contributed by atoms with Crippen LogP contribution in [0.4, 0.5) is 0 Å². The molecule has 3 aromatic rings. The third-order valence-corrected chi connectivity index (χ3v) is 5.19. The fourth-order valence-corrected chi connectivity index (χ4v) is 3.85. The molecule has 0 atom stereocenters. The normalized spacial score (nSPS) is 15.4. The average Bonchev–Trinajstić information content (AvgIpc) is 2.95. The van der Waals surface area contributed by atoms with Crippen molar-refractivity contribution in [3.63, 3.8) is 0 Å². The van der Waals surface area contributed by atoms with Gasteiger partial charge in [-0.25, -0.2) is 9.97 Å². The summed E-state index contributed by atoms with van der Waals surface area (Å²) in [5.41, 5.74) is 3.63. The molecule has 1 aromatic carbocycles. The van der Waals surface area contributed by atoms with Gasteiger partial charge in [-0.2, -0.15) is 0 Å². The van der Waals surface area contributed by atoms with Gasteiger partial charge in [0, 0.05) is 30.8 Å². The molecule has 0 spiro atoms. The number of carbonyl (C=O) groups excluding carboxylic acids is 1. The molecule has 1 aliphatic rings. The maximum absolute atomic E-state index is 12.6. The number of hydrogen-bond donors (Lipinski definition) is 1. The molecule has 5 nitrogen and oxygen atoms in total. The molecular formula is C18H18N4OS. The van der Waals surface area contributed by atoms with E-state index in [4.69, 9.17) is 0 Å². The van der Waals surface area contributed by atoms with Crippen LogP contribution in [0.25, 0.3) is 21.5 Å². The monoisotopic (exact) mass is 338 g/mol. The fraction of sp³-hybridized carbons (Fsp3) is 0.278. The number of benzene rings is 1. The molecular weight excluding hydrogens is 320 g/mol. The zero-order chi connectivity index (χ0) is 16.4. The molecule has 24 heavy (non-hydrogen) atoms. The van der Waals surface area contributed by atoms with Gasteiger partial charge in [0.25, 0.3) is 5.91 Å². The summed E-state index contributed by atoms with van der Waals surface area (Å²) in [7, 11) is 0. The highest BCUT2D eigenvalue weighted by Crippen LogP contribution is 2.29. The van der Waals surface area contributed by atoms with Gasteiger partial charge >= 0.3 is 0 Å². The van der Waals surface area contributed by atoms with Crippen LogP contribution in [0.5, 0.6) is 0 Å². The summed E-state index contributed by atoms with van der Waals surface area (Å²) >= 11 is 1.64. The number of carbonyl (C=O) groups is 1. The Morgan fingerprint density at radius 3 is 2.83 bits per heavy atom. The van der Waals surface area contributed by atoms with Crippen molar-refractivity contribution in [2.24, 2.45) is 0 Å². The Labute approximate surface area is 144 Å². The van der Waals surface area contributed by atoms with Crippen molar-refractivity contribution >= 4 is 27.5 Å². The Morgan fingerprint density at radius 2 is 1.96 bits per heavy atom. The van der Waals surface area contributed by atoms with E-state index in [0.29, 0.717) is 0 Å². The number of nitrogens with zero attached hydrogens (tertiary/aromatic N) is 3. The van der Waals surface area contributed by atoms with Crippen LogP contribution in [0.1, 0.15) is 16.8 Å². The van der Waals surface area contributed by atoms with Gasteiger partial charge in [-0.05, 0) is 36.5 Å². The van der Waals surface area contributed by atoms with E-state index in [9.17, 15) is 4.79 Å². The van der Waals surface area contributed by atoms with Crippen LogP contribution in [0.2, 0.25) is 0 Å². The van der Waals surface area contributed by atoms with Crippen LogP contribution >= 0.6 is 11.3 Å². The van der Waals surface area contributed by atoms with Gasteiger partial charge in [0.2, 0.25) is 0 Å². The minimum Gasteiger partial charge on any atom is -0.337 e.